The van der Waals surface area contributed by atoms with Crippen LogP contribution in [0.4, 0.5) is 0 Å². The van der Waals surface area contributed by atoms with E-state index < -0.39 is 9.04 Å². The van der Waals surface area contributed by atoms with Gasteiger partial charge in [-0.05, 0) is 104 Å². The number of carbonyl (C=O) groups is 2. The molecular formula is C60H104NO5S2Si. The topological polar surface area (TPSA) is 73.9 Å². The van der Waals surface area contributed by atoms with Crippen LogP contribution < -0.4 is 20.4 Å². The van der Waals surface area contributed by atoms with Crippen LogP contribution in [0.15, 0.2) is 48.5 Å². The van der Waals surface area contributed by atoms with Gasteiger partial charge in [0.2, 0.25) is 0 Å². The van der Waals surface area contributed by atoms with Crippen LogP contribution in [0.25, 0.3) is 0 Å². The lowest BCUT2D eigenvalue weighted by molar-refractivity contribution is -0.149. The zero-order chi connectivity index (χ0) is 50.2. The average Bonchev–Trinajstić information content (AvgIpc) is 3.34. The lowest BCUT2D eigenvalue weighted by atomic mass is 9.86. The third-order valence-electron chi connectivity index (χ3n) is 13.3. The van der Waals surface area contributed by atoms with Crippen molar-refractivity contribution in [2.24, 2.45) is 5.92 Å². The molecule has 2 atom stereocenters. The molecule has 0 aliphatic carbocycles. The highest BCUT2D eigenvalue weighted by atomic mass is 32.2. The number of carbonyl (C=O) groups excluding carboxylic acids is 2. The number of unbranched alkanes of at least 4 members (excludes halogenated alkanes) is 18. The van der Waals surface area contributed by atoms with Crippen molar-refractivity contribution in [2.75, 3.05) is 31.3 Å². The summed E-state index contributed by atoms with van der Waals surface area (Å²) < 4.78 is 19.0. The zero-order valence-corrected chi connectivity index (χ0v) is 48.4. The molecule has 0 bridgehead atoms. The third-order valence-corrected chi connectivity index (χ3v) is 18.3. The maximum absolute atomic E-state index is 14.0. The number of hydrogen-bond donors (Lipinski definition) is 1. The van der Waals surface area contributed by atoms with Gasteiger partial charge in [0.25, 0.3) is 9.04 Å². The Morgan fingerprint density at radius 1 is 0.551 bits per heavy atom. The standard InChI is InChI=1S/C60H104NO5S2Si/c1-9-14-19-21-22-28-38-51(37-27-20-15-10-2)57(62)64-46-33-24-29-40-52(39-26-16-11-3)61-45-32-25-34-47-65-69(53-41-30-23-31-42-53)54-43-44-55(60(6,7)8)56(50-54)66-58(63)59(67-48-35-17-12-4)68-49-36-18-13-5/h23,30-31,41-44,50-52,59,61H,9-22,24-29,32-40,45-49H2,1-8H3. The molecule has 0 aliphatic heterocycles. The number of rotatable bonds is 45. The molecule has 0 saturated heterocycles. The van der Waals surface area contributed by atoms with Crippen molar-refractivity contribution in [3.05, 3.63) is 54.1 Å². The fraction of sp³-hybridized carbons (Fsp3) is 0.767. The van der Waals surface area contributed by atoms with Crippen molar-refractivity contribution in [3.8, 4) is 5.75 Å². The Labute approximate surface area is 436 Å². The zero-order valence-electron chi connectivity index (χ0n) is 45.8. The summed E-state index contributed by atoms with van der Waals surface area (Å²) in [6.45, 7) is 20.1. The lowest BCUT2D eigenvalue weighted by Gasteiger charge is -2.25. The molecule has 0 heterocycles. The maximum Gasteiger partial charge on any atom is 0.334 e. The molecular weight excluding hydrogens is 907 g/mol. The van der Waals surface area contributed by atoms with Gasteiger partial charge >= 0.3 is 11.9 Å². The molecule has 0 aliphatic rings. The lowest BCUT2D eigenvalue weighted by Crippen LogP contribution is -2.45. The first-order valence-corrected chi connectivity index (χ1v) is 32.1. The second-order valence-corrected chi connectivity index (χ2v) is 25.6. The number of nitrogens with one attached hydrogen (secondary N) is 1. The van der Waals surface area contributed by atoms with E-state index in [4.69, 9.17) is 13.9 Å². The molecule has 0 amide bonds. The van der Waals surface area contributed by atoms with Crippen molar-refractivity contribution >= 4 is 54.9 Å². The van der Waals surface area contributed by atoms with Gasteiger partial charge < -0.3 is 19.2 Å². The van der Waals surface area contributed by atoms with Crippen LogP contribution in [0.3, 0.4) is 0 Å². The minimum absolute atomic E-state index is 0.0622. The number of hydrogen-bond acceptors (Lipinski definition) is 8. The highest BCUT2D eigenvalue weighted by Gasteiger charge is 2.28. The van der Waals surface area contributed by atoms with Gasteiger partial charge in [0.05, 0.1) is 12.5 Å². The molecule has 2 unspecified atom stereocenters. The molecule has 69 heavy (non-hydrogen) atoms. The van der Waals surface area contributed by atoms with Gasteiger partial charge in [0.1, 0.15) is 10.3 Å². The Morgan fingerprint density at radius 2 is 1.06 bits per heavy atom. The Balaban J connectivity index is 1.95. The van der Waals surface area contributed by atoms with Crippen molar-refractivity contribution in [1.82, 2.24) is 5.32 Å². The van der Waals surface area contributed by atoms with Gasteiger partial charge in [0.15, 0.2) is 0 Å². The molecule has 2 aromatic rings. The van der Waals surface area contributed by atoms with Crippen LogP contribution in [0, 0.1) is 5.92 Å². The predicted molar refractivity (Wildman–Crippen MR) is 305 cm³/mol. The summed E-state index contributed by atoms with van der Waals surface area (Å²) in [4.78, 5) is 27.1. The second-order valence-electron chi connectivity index (χ2n) is 20.7. The van der Waals surface area contributed by atoms with E-state index in [2.05, 4.69) is 109 Å². The fourth-order valence-electron chi connectivity index (χ4n) is 8.92. The summed E-state index contributed by atoms with van der Waals surface area (Å²) in [5.41, 5.74) is 0.868. The van der Waals surface area contributed by atoms with Crippen LogP contribution in [0.1, 0.15) is 247 Å². The predicted octanol–water partition coefficient (Wildman–Crippen LogP) is 16.3. The van der Waals surface area contributed by atoms with Gasteiger partial charge in [-0.2, -0.15) is 0 Å². The summed E-state index contributed by atoms with van der Waals surface area (Å²) >= 11 is 3.51. The normalized spacial score (nSPS) is 12.8. The Morgan fingerprint density at radius 3 is 1.68 bits per heavy atom. The Bertz CT molecular complexity index is 1530. The molecule has 0 aromatic heterocycles. The fourth-order valence-corrected chi connectivity index (χ4v) is 13.4. The number of thioether (sulfide) groups is 2. The summed E-state index contributed by atoms with van der Waals surface area (Å²) in [5, 5.41) is 6.26. The van der Waals surface area contributed by atoms with Gasteiger partial charge in [-0.3, -0.25) is 4.79 Å². The molecule has 0 fully saturated rings. The van der Waals surface area contributed by atoms with E-state index in [1.807, 2.05) is 0 Å². The van der Waals surface area contributed by atoms with Gasteiger partial charge in [-0.1, -0.05) is 220 Å². The van der Waals surface area contributed by atoms with E-state index in [9.17, 15) is 9.59 Å². The van der Waals surface area contributed by atoms with E-state index in [1.165, 1.54) is 121 Å². The van der Waals surface area contributed by atoms with Crippen molar-refractivity contribution in [1.29, 1.82) is 0 Å². The largest absolute Gasteiger partial charge is 0.465 e. The molecule has 1 N–H and O–H groups in total. The minimum Gasteiger partial charge on any atom is -0.465 e. The van der Waals surface area contributed by atoms with Crippen LogP contribution in [0.5, 0.6) is 5.75 Å². The van der Waals surface area contributed by atoms with E-state index in [1.54, 1.807) is 23.5 Å². The van der Waals surface area contributed by atoms with E-state index in [0.717, 1.165) is 99.4 Å². The first-order chi connectivity index (χ1) is 33.6. The monoisotopic (exact) mass is 1010 g/mol. The minimum atomic E-state index is -1.58. The van der Waals surface area contributed by atoms with Crippen LogP contribution in [-0.4, -0.2) is 62.9 Å². The van der Waals surface area contributed by atoms with Crippen LogP contribution in [0.2, 0.25) is 0 Å². The third kappa shape index (κ3) is 30.1. The molecule has 395 valence electrons. The first kappa shape index (κ1) is 63.3. The maximum atomic E-state index is 14.0. The highest BCUT2D eigenvalue weighted by molar-refractivity contribution is 8.18. The SMILES string of the molecule is CCCCCCCCC(CCCCCC)C(=O)OCCCCCC(CCCCC)NCCCCCO[Si](c1ccccc1)c1ccc(C(C)(C)C)c(OC(=O)C(SCCCCC)SCCCCC)c1. The van der Waals surface area contributed by atoms with Crippen molar-refractivity contribution < 1.29 is 23.5 Å². The molecule has 0 saturated carbocycles. The summed E-state index contributed by atoms with van der Waals surface area (Å²) in [7, 11) is -1.58. The molecule has 6 nitrogen and oxygen atoms in total. The number of ether oxygens (including phenoxy) is 2. The average molecular weight is 1010 g/mol. The quantitative estimate of drug-likeness (QED) is 0.0231. The molecule has 0 spiro atoms. The molecule has 9 heteroatoms. The smallest absolute Gasteiger partial charge is 0.334 e. The number of esters is 2. The second kappa shape index (κ2) is 41.7. The molecule has 1 radical (unpaired) electrons. The van der Waals surface area contributed by atoms with E-state index >= 15 is 0 Å². The van der Waals surface area contributed by atoms with Crippen molar-refractivity contribution in [2.45, 2.75) is 258 Å². The van der Waals surface area contributed by atoms with E-state index in [0.29, 0.717) is 25.0 Å². The Hall–Kier alpha value is -1.78. The summed E-state index contributed by atoms with van der Waals surface area (Å²) in [5.74, 6) is 2.65. The van der Waals surface area contributed by atoms with Crippen LogP contribution in [-0.2, 0) is 24.2 Å². The highest BCUT2D eigenvalue weighted by Crippen LogP contribution is 2.34. The summed E-state index contributed by atoms with van der Waals surface area (Å²) in [6.07, 6.45) is 34.1. The van der Waals surface area contributed by atoms with E-state index in [-0.39, 0.29) is 27.9 Å². The van der Waals surface area contributed by atoms with Gasteiger partial charge in [-0.15, -0.1) is 23.5 Å². The Kier molecular flexibility index (Phi) is 38.2. The van der Waals surface area contributed by atoms with Gasteiger partial charge in [-0.25, -0.2) is 4.79 Å². The first-order valence-electron chi connectivity index (χ1n) is 28.6. The number of benzene rings is 2. The van der Waals surface area contributed by atoms with Crippen molar-refractivity contribution in [3.63, 3.8) is 0 Å². The van der Waals surface area contributed by atoms with Crippen LogP contribution >= 0.6 is 23.5 Å². The summed E-state index contributed by atoms with van der Waals surface area (Å²) in [6, 6.07) is 17.7. The molecule has 2 aromatic carbocycles. The van der Waals surface area contributed by atoms with Gasteiger partial charge in [0, 0.05) is 18.2 Å². The molecule has 2 rings (SSSR count).